The van der Waals surface area contributed by atoms with E-state index < -0.39 is 0 Å². The number of rotatable bonds is 10. The fourth-order valence-electron chi connectivity index (χ4n) is 5.61. The van der Waals surface area contributed by atoms with Crippen LogP contribution < -0.4 is 10.6 Å². The number of benzene rings is 3. The summed E-state index contributed by atoms with van der Waals surface area (Å²) < 4.78 is 0. The number of hydrogen-bond donors (Lipinski definition) is 3. The van der Waals surface area contributed by atoms with Crippen molar-refractivity contribution in [1.82, 2.24) is 10.2 Å². The second-order valence-corrected chi connectivity index (χ2v) is 12.2. The number of anilines is 1. The Balaban J connectivity index is 1.53. The number of allylic oxidation sites excluding steroid dienone is 4. The van der Waals surface area contributed by atoms with Crippen LogP contribution in [-0.2, 0) is 11.2 Å². The zero-order valence-corrected chi connectivity index (χ0v) is 28.9. The molecule has 0 spiro atoms. The van der Waals surface area contributed by atoms with Gasteiger partial charge in [0.1, 0.15) is 0 Å². The molecule has 1 aliphatic rings. The molecule has 0 saturated heterocycles. The zero-order chi connectivity index (χ0) is 33.9. The Morgan fingerprint density at radius 1 is 0.957 bits per heavy atom. The van der Waals surface area contributed by atoms with Gasteiger partial charge in [-0.25, -0.2) is 0 Å². The van der Waals surface area contributed by atoms with Gasteiger partial charge in [0.25, 0.3) is 17.7 Å². The van der Waals surface area contributed by atoms with Crippen LogP contribution >= 0.6 is 12.6 Å². The van der Waals surface area contributed by atoms with Crippen LogP contribution in [0.15, 0.2) is 124 Å². The van der Waals surface area contributed by atoms with Gasteiger partial charge in [-0.15, -0.1) is 12.6 Å². The fourth-order valence-corrected chi connectivity index (χ4v) is 5.83. The first-order chi connectivity index (χ1) is 22.7. The van der Waals surface area contributed by atoms with Crippen LogP contribution in [0.25, 0.3) is 0 Å². The largest absolute Gasteiger partial charge is 0.349 e. The highest BCUT2D eigenvalue weighted by molar-refractivity contribution is 7.85. The monoisotopic (exact) mass is 647 g/mol. The van der Waals surface area contributed by atoms with E-state index >= 15 is 0 Å². The fraction of sp³-hybridized carbons (Fsp3) is 0.275. The number of carbonyl (C=O) groups excluding carboxylic acids is 3. The lowest BCUT2D eigenvalue weighted by molar-refractivity contribution is -0.117. The molecule has 2 N–H and O–H groups in total. The summed E-state index contributed by atoms with van der Waals surface area (Å²) in [5, 5.41) is 5.97. The molecule has 6 nitrogen and oxygen atoms in total. The van der Waals surface area contributed by atoms with E-state index in [1.165, 1.54) is 0 Å². The Labute approximate surface area is 284 Å². The normalized spacial score (nSPS) is 16.2. The Morgan fingerprint density at radius 2 is 1.64 bits per heavy atom. The van der Waals surface area contributed by atoms with E-state index in [1.807, 2.05) is 82.3 Å². The van der Waals surface area contributed by atoms with Gasteiger partial charge in [-0.05, 0) is 111 Å². The second-order valence-electron chi connectivity index (χ2n) is 11.7. The maximum Gasteiger partial charge on any atom is 0.258 e. The van der Waals surface area contributed by atoms with Crippen LogP contribution in [0.3, 0.4) is 0 Å². The standard InChI is InChI=1S/C40H45N3O3S/c1-6-14-34-28(5)31(26-37(47)39(45)41-27(4)7-2)23-24-43(36(34)8-3)40(46)30-19-21-33(22-20-30)42-38(44)35-18-13-12-17-32(35)25-29-15-10-9-11-16-29/h8-22,26-27,47H,6-7,23-25H2,1-5H3,(H,41,45)(H,42,44)/b34-14-,36-8+,37-26-. The molecule has 0 aliphatic carbocycles. The van der Waals surface area contributed by atoms with Crippen LogP contribution in [0.5, 0.6) is 0 Å². The average molecular weight is 648 g/mol. The van der Waals surface area contributed by atoms with Gasteiger partial charge in [-0.2, -0.15) is 0 Å². The third-order valence-corrected chi connectivity index (χ3v) is 8.74. The lowest BCUT2D eigenvalue weighted by Crippen LogP contribution is -2.32. The van der Waals surface area contributed by atoms with E-state index in [2.05, 4.69) is 48.4 Å². The topological polar surface area (TPSA) is 78.5 Å². The minimum Gasteiger partial charge on any atom is -0.349 e. The molecule has 3 aromatic rings. The molecule has 1 atom stereocenters. The van der Waals surface area contributed by atoms with E-state index in [0.717, 1.165) is 46.4 Å². The first kappa shape index (κ1) is 35.2. The second kappa shape index (κ2) is 16.8. The highest BCUT2D eigenvalue weighted by Gasteiger charge is 2.27. The predicted octanol–water partition coefficient (Wildman–Crippen LogP) is 8.66. The van der Waals surface area contributed by atoms with Gasteiger partial charge in [-0.1, -0.05) is 74.5 Å². The average Bonchev–Trinajstić information content (AvgIpc) is 3.21. The van der Waals surface area contributed by atoms with Gasteiger partial charge >= 0.3 is 0 Å². The van der Waals surface area contributed by atoms with Crippen molar-refractivity contribution in [1.29, 1.82) is 0 Å². The van der Waals surface area contributed by atoms with E-state index in [-0.39, 0.29) is 23.8 Å². The van der Waals surface area contributed by atoms with Crippen molar-refractivity contribution in [3.63, 3.8) is 0 Å². The summed E-state index contributed by atoms with van der Waals surface area (Å²) in [6, 6.07) is 24.8. The van der Waals surface area contributed by atoms with Crippen LogP contribution in [-0.4, -0.2) is 35.2 Å². The van der Waals surface area contributed by atoms with Crippen molar-refractivity contribution in [2.45, 2.75) is 66.3 Å². The van der Waals surface area contributed by atoms with Crippen molar-refractivity contribution in [3.05, 3.63) is 147 Å². The molecule has 3 aromatic carbocycles. The van der Waals surface area contributed by atoms with E-state index in [0.29, 0.717) is 41.1 Å². The smallest absolute Gasteiger partial charge is 0.258 e. The number of amides is 3. The van der Waals surface area contributed by atoms with Crippen LogP contribution in [0.2, 0.25) is 0 Å². The maximum atomic E-state index is 14.0. The highest BCUT2D eigenvalue weighted by atomic mass is 32.1. The van der Waals surface area contributed by atoms with Crippen molar-refractivity contribution in [3.8, 4) is 0 Å². The molecule has 244 valence electrons. The molecule has 4 rings (SSSR count). The van der Waals surface area contributed by atoms with Crippen LogP contribution in [0.1, 0.15) is 85.7 Å². The highest BCUT2D eigenvalue weighted by Crippen LogP contribution is 2.33. The summed E-state index contributed by atoms with van der Waals surface area (Å²) >= 11 is 4.53. The quantitative estimate of drug-likeness (QED) is 0.152. The van der Waals surface area contributed by atoms with Crippen molar-refractivity contribution in [2.24, 2.45) is 0 Å². The minimum absolute atomic E-state index is 0.0516. The first-order valence-electron chi connectivity index (χ1n) is 16.3. The molecule has 3 amide bonds. The van der Waals surface area contributed by atoms with Crippen molar-refractivity contribution < 1.29 is 14.4 Å². The number of nitrogens with zero attached hydrogens (tertiary/aromatic N) is 1. The SMILES string of the molecule is C/C=C1\C(=C/CC)C(C)=C(/C=C(\S)C(=O)NC(C)CC)CCN1C(=O)c1ccc(NC(=O)c2ccccc2Cc2ccccc2)cc1. The molecule has 0 aromatic heterocycles. The number of thiol groups is 1. The third-order valence-electron chi connectivity index (χ3n) is 8.41. The van der Waals surface area contributed by atoms with Gasteiger partial charge in [0.15, 0.2) is 0 Å². The van der Waals surface area contributed by atoms with E-state index in [1.54, 1.807) is 29.2 Å². The van der Waals surface area contributed by atoms with Gasteiger partial charge in [0.2, 0.25) is 0 Å². The summed E-state index contributed by atoms with van der Waals surface area (Å²) in [4.78, 5) is 42.2. The summed E-state index contributed by atoms with van der Waals surface area (Å²) in [6.07, 6.45) is 8.75. The molecule has 1 unspecified atom stereocenters. The Hall–Kier alpha value is -4.62. The number of nitrogens with one attached hydrogen (secondary N) is 2. The molecule has 0 bridgehead atoms. The molecular formula is C40H45N3O3S. The molecule has 47 heavy (non-hydrogen) atoms. The molecule has 0 saturated carbocycles. The molecule has 1 aliphatic heterocycles. The molecular weight excluding hydrogens is 603 g/mol. The zero-order valence-electron chi connectivity index (χ0n) is 28.0. The van der Waals surface area contributed by atoms with Crippen molar-refractivity contribution in [2.75, 3.05) is 11.9 Å². The number of hydrogen-bond acceptors (Lipinski definition) is 4. The third kappa shape index (κ3) is 9.01. The Bertz CT molecular complexity index is 1720. The lowest BCUT2D eigenvalue weighted by atomic mass is 9.97. The van der Waals surface area contributed by atoms with Crippen molar-refractivity contribution >= 4 is 36.0 Å². The van der Waals surface area contributed by atoms with E-state index in [9.17, 15) is 14.4 Å². The minimum atomic E-state index is -0.209. The molecule has 0 radical (unpaired) electrons. The Kier molecular flexibility index (Phi) is 12.6. The molecule has 0 fully saturated rings. The van der Waals surface area contributed by atoms with Gasteiger partial charge in [0.05, 0.1) is 4.91 Å². The van der Waals surface area contributed by atoms with Crippen LogP contribution in [0.4, 0.5) is 5.69 Å². The number of carbonyl (C=O) groups is 3. The summed E-state index contributed by atoms with van der Waals surface area (Å²) in [5.41, 5.74) is 7.59. The first-order valence-corrected chi connectivity index (χ1v) is 16.7. The van der Waals surface area contributed by atoms with Gasteiger partial charge in [-0.3, -0.25) is 14.4 Å². The summed E-state index contributed by atoms with van der Waals surface area (Å²) in [5.74, 6) is -0.540. The Morgan fingerprint density at radius 3 is 2.30 bits per heavy atom. The van der Waals surface area contributed by atoms with Gasteiger partial charge in [0, 0.05) is 35.1 Å². The van der Waals surface area contributed by atoms with E-state index in [4.69, 9.17) is 0 Å². The maximum absolute atomic E-state index is 14.0. The molecule has 1 heterocycles. The lowest BCUT2D eigenvalue weighted by Gasteiger charge is -2.25. The predicted molar refractivity (Wildman–Crippen MR) is 196 cm³/mol. The summed E-state index contributed by atoms with van der Waals surface area (Å²) in [6.45, 7) is 10.5. The summed E-state index contributed by atoms with van der Waals surface area (Å²) in [7, 11) is 0. The van der Waals surface area contributed by atoms with Crippen LogP contribution in [0, 0.1) is 0 Å². The molecule has 7 heteroatoms. The van der Waals surface area contributed by atoms with Gasteiger partial charge < -0.3 is 15.5 Å².